The molecule has 0 N–H and O–H groups in total. The van der Waals surface area contributed by atoms with Crippen LogP contribution < -0.4 is 15.5 Å². The van der Waals surface area contributed by atoms with E-state index in [0.29, 0.717) is 0 Å². The van der Waals surface area contributed by atoms with Gasteiger partial charge in [-0.2, -0.15) is 0 Å². The molecule has 3 heteroatoms. The summed E-state index contributed by atoms with van der Waals surface area (Å²) < 4.78 is 12.7. The van der Waals surface area contributed by atoms with E-state index in [1.165, 1.54) is 43.9 Å². The summed E-state index contributed by atoms with van der Waals surface area (Å²) in [7, 11) is 0. The molecule has 2 aromatic heterocycles. The molecule has 3 nitrogen and oxygen atoms in total. The Morgan fingerprint density at radius 1 is 0.418 bits per heavy atom. The van der Waals surface area contributed by atoms with Crippen LogP contribution in [0.3, 0.4) is 0 Å². The third-order valence-corrected chi connectivity index (χ3v) is 11.2. The summed E-state index contributed by atoms with van der Waals surface area (Å²) in [6.45, 7) is 0. The second-order valence-corrected chi connectivity index (χ2v) is 14.3. The van der Waals surface area contributed by atoms with Gasteiger partial charge < -0.3 is 13.7 Å². The van der Waals surface area contributed by atoms with Crippen LogP contribution in [0.4, 0.5) is 11.4 Å². The lowest BCUT2D eigenvalue weighted by Gasteiger charge is -2.29. The average molecular weight is 706 g/mol. The van der Waals surface area contributed by atoms with E-state index in [4.69, 9.17) is 8.83 Å². The number of furan rings is 2. The fourth-order valence-corrected chi connectivity index (χ4v) is 8.59. The SMILES string of the molecule is C1=c2oc3ccccc3c2=C(N(c2ccc(-c3ccc4c(c3)oc3ccccc34)cc2)c2ccc(-c3cccc4cccc(-c5ccccc5)c34)cc2)CC1. The second kappa shape index (κ2) is 12.8. The van der Waals surface area contributed by atoms with Gasteiger partial charge in [0.1, 0.15) is 22.2 Å². The average Bonchev–Trinajstić information content (AvgIpc) is 3.83. The molecule has 0 fully saturated rings. The third-order valence-electron chi connectivity index (χ3n) is 11.2. The van der Waals surface area contributed by atoms with E-state index < -0.39 is 0 Å². The minimum atomic E-state index is 0.895. The number of para-hydroxylation sites is 2. The minimum absolute atomic E-state index is 0.895. The van der Waals surface area contributed by atoms with Gasteiger partial charge in [0.15, 0.2) is 0 Å². The van der Waals surface area contributed by atoms with E-state index in [-0.39, 0.29) is 0 Å². The van der Waals surface area contributed by atoms with Gasteiger partial charge >= 0.3 is 0 Å². The van der Waals surface area contributed by atoms with Crippen molar-refractivity contribution in [2.24, 2.45) is 0 Å². The van der Waals surface area contributed by atoms with Crippen molar-refractivity contribution in [2.45, 2.75) is 12.8 Å². The van der Waals surface area contributed by atoms with Gasteiger partial charge in [-0.25, -0.2) is 0 Å². The fourth-order valence-electron chi connectivity index (χ4n) is 8.59. The topological polar surface area (TPSA) is 29.5 Å². The van der Waals surface area contributed by atoms with Crippen molar-refractivity contribution in [3.05, 3.63) is 193 Å². The van der Waals surface area contributed by atoms with Crippen molar-refractivity contribution in [2.75, 3.05) is 4.90 Å². The van der Waals surface area contributed by atoms with E-state index in [2.05, 4.69) is 175 Å². The first-order valence-corrected chi connectivity index (χ1v) is 19.0. The van der Waals surface area contributed by atoms with E-state index in [1.807, 2.05) is 18.2 Å². The zero-order chi connectivity index (χ0) is 36.3. The summed E-state index contributed by atoms with van der Waals surface area (Å²) in [5, 5.41) is 7.10. The molecule has 0 saturated heterocycles. The smallest absolute Gasteiger partial charge is 0.136 e. The van der Waals surface area contributed by atoms with Crippen LogP contribution in [0, 0.1) is 0 Å². The minimum Gasteiger partial charge on any atom is -0.456 e. The first-order chi connectivity index (χ1) is 27.3. The molecule has 55 heavy (non-hydrogen) atoms. The summed E-state index contributed by atoms with van der Waals surface area (Å²) in [6, 6.07) is 65.1. The molecule has 1 aliphatic rings. The number of benzene rings is 8. The van der Waals surface area contributed by atoms with Crippen LogP contribution in [0.25, 0.3) is 88.8 Å². The van der Waals surface area contributed by atoms with Crippen molar-refractivity contribution >= 4 is 66.8 Å². The Bertz CT molecular complexity index is 3180. The quantitative estimate of drug-likeness (QED) is 0.172. The first-order valence-electron chi connectivity index (χ1n) is 19.0. The molecule has 8 aromatic carbocycles. The number of nitrogens with zero attached hydrogens (tertiary/aromatic N) is 1. The van der Waals surface area contributed by atoms with Gasteiger partial charge in [-0.05, 0) is 112 Å². The Labute approximate surface area is 318 Å². The van der Waals surface area contributed by atoms with E-state index in [1.54, 1.807) is 0 Å². The number of anilines is 2. The van der Waals surface area contributed by atoms with E-state index in [0.717, 1.165) is 73.7 Å². The molecule has 0 radical (unpaired) electrons. The Balaban J connectivity index is 1.05. The molecule has 260 valence electrons. The van der Waals surface area contributed by atoms with E-state index in [9.17, 15) is 0 Å². The van der Waals surface area contributed by atoms with Crippen molar-refractivity contribution in [1.82, 2.24) is 0 Å². The van der Waals surface area contributed by atoms with Crippen LogP contribution >= 0.6 is 0 Å². The van der Waals surface area contributed by atoms with Crippen molar-refractivity contribution < 1.29 is 8.83 Å². The molecule has 1 aliphatic carbocycles. The maximum Gasteiger partial charge on any atom is 0.136 e. The van der Waals surface area contributed by atoms with Crippen LogP contribution in [0.15, 0.2) is 191 Å². The zero-order valence-corrected chi connectivity index (χ0v) is 30.1. The highest BCUT2D eigenvalue weighted by atomic mass is 16.3. The highest BCUT2D eigenvalue weighted by Crippen LogP contribution is 2.40. The molecule has 0 bridgehead atoms. The maximum atomic E-state index is 6.43. The van der Waals surface area contributed by atoms with Gasteiger partial charge in [-0.1, -0.05) is 133 Å². The van der Waals surface area contributed by atoms with Gasteiger partial charge in [0.25, 0.3) is 0 Å². The van der Waals surface area contributed by atoms with Crippen LogP contribution in [0.1, 0.15) is 12.8 Å². The highest BCUT2D eigenvalue weighted by Gasteiger charge is 2.21. The lowest BCUT2D eigenvalue weighted by molar-refractivity contribution is 0.570. The third kappa shape index (κ3) is 5.27. The second-order valence-electron chi connectivity index (χ2n) is 14.3. The predicted molar refractivity (Wildman–Crippen MR) is 229 cm³/mol. The molecule has 0 aliphatic heterocycles. The Kier molecular flexibility index (Phi) is 7.31. The maximum absolute atomic E-state index is 6.43. The molecule has 10 aromatic rings. The van der Waals surface area contributed by atoms with Crippen molar-refractivity contribution in [1.29, 1.82) is 0 Å². The lowest BCUT2D eigenvalue weighted by Crippen LogP contribution is -2.33. The van der Waals surface area contributed by atoms with Crippen LogP contribution in [0.5, 0.6) is 0 Å². The van der Waals surface area contributed by atoms with Gasteiger partial charge in [-0.3, -0.25) is 0 Å². The molecule has 0 amide bonds. The lowest BCUT2D eigenvalue weighted by atomic mass is 9.91. The molecule has 0 atom stereocenters. The molecule has 0 spiro atoms. The Morgan fingerprint density at radius 2 is 1.00 bits per heavy atom. The monoisotopic (exact) mass is 705 g/mol. The van der Waals surface area contributed by atoms with Gasteiger partial charge in [0.05, 0.1) is 0 Å². The number of fused-ring (bicyclic) bond motifs is 7. The molecule has 0 unspecified atom stereocenters. The van der Waals surface area contributed by atoms with Crippen LogP contribution in [-0.4, -0.2) is 0 Å². The summed E-state index contributed by atoms with van der Waals surface area (Å²) >= 11 is 0. The predicted octanol–water partition coefficient (Wildman–Crippen LogP) is 13.0. The molecule has 2 heterocycles. The zero-order valence-electron chi connectivity index (χ0n) is 30.1. The van der Waals surface area contributed by atoms with Crippen molar-refractivity contribution in [3.63, 3.8) is 0 Å². The molecule has 0 saturated carbocycles. The summed E-state index contributed by atoms with van der Waals surface area (Å²) in [6.07, 6.45) is 4.04. The molecular formula is C52H35NO2. The summed E-state index contributed by atoms with van der Waals surface area (Å²) in [4.78, 5) is 2.43. The van der Waals surface area contributed by atoms with Gasteiger partial charge in [0, 0.05) is 38.4 Å². The normalized spacial score (nSPS) is 12.7. The first kappa shape index (κ1) is 31.4. The standard InChI is InChI=1S/C52H35NO2/c1-2-11-35(12-3-1)41-17-8-13-37-14-9-18-42(51(37)41)36-25-30-40(31-26-36)53(46-19-10-22-49-52(46)45-16-5-7-21-48(45)54-49)39-28-23-34(24-29-39)38-27-32-44-43-15-4-6-20-47(43)55-50(44)33-38/h1-9,11-18,20-33H,10,19H2. The molecular weight excluding hydrogens is 671 g/mol. The van der Waals surface area contributed by atoms with E-state index >= 15 is 0 Å². The number of rotatable bonds is 6. The summed E-state index contributed by atoms with van der Waals surface area (Å²) in [5.74, 6) is 0. The Morgan fingerprint density at radius 3 is 1.73 bits per heavy atom. The van der Waals surface area contributed by atoms with Crippen LogP contribution in [-0.2, 0) is 0 Å². The van der Waals surface area contributed by atoms with Gasteiger partial charge in [0.2, 0.25) is 0 Å². The largest absolute Gasteiger partial charge is 0.456 e. The summed E-state index contributed by atoms with van der Waals surface area (Å²) in [5.41, 5.74) is 14.3. The fraction of sp³-hybridized carbons (Fsp3) is 0.0385. The van der Waals surface area contributed by atoms with Gasteiger partial charge in [-0.15, -0.1) is 0 Å². The number of hydrogen-bond acceptors (Lipinski definition) is 3. The van der Waals surface area contributed by atoms with Crippen LogP contribution in [0.2, 0.25) is 0 Å². The highest BCUT2D eigenvalue weighted by molar-refractivity contribution is 6.07. The number of hydrogen-bond donors (Lipinski definition) is 0. The van der Waals surface area contributed by atoms with Crippen molar-refractivity contribution in [3.8, 4) is 33.4 Å². The molecule has 11 rings (SSSR count). The Hall–Kier alpha value is -7.10.